The van der Waals surface area contributed by atoms with Gasteiger partial charge in [-0.1, -0.05) is 17.8 Å². The average Bonchev–Trinajstić information content (AvgIpc) is 2.66. The van der Waals surface area contributed by atoms with Crippen LogP contribution >= 0.6 is 11.8 Å². The highest BCUT2D eigenvalue weighted by atomic mass is 32.2. The van der Waals surface area contributed by atoms with Gasteiger partial charge < -0.3 is 19.7 Å². The summed E-state index contributed by atoms with van der Waals surface area (Å²) in [5, 5.41) is 20.0. The number of methoxy groups -OCH3 is 1. The molecule has 0 aromatic heterocycles. The van der Waals surface area contributed by atoms with Gasteiger partial charge in [0.1, 0.15) is 11.9 Å². The fourth-order valence-corrected chi connectivity index (χ4v) is 2.80. The quantitative estimate of drug-likeness (QED) is 0.551. The molecule has 8 heteroatoms. The third-order valence-corrected chi connectivity index (χ3v) is 4.55. The van der Waals surface area contributed by atoms with E-state index in [1.54, 1.807) is 0 Å². The number of thioether (sulfide) groups is 1. The van der Waals surface area contributed by atoms with E-state index in [0.717, 1.165) is 23.9 Å². The maximum absolute atomic E-state index is 12.9. The summed E-state index contributed by atoms with van der Waals surface area (Å²) in [6, 6.07) is 9.21. The Kier molecular flexibility index (Phi) is 7.35. The number of ether oxygens (including phenoxy) is 2. The zero-order valence-electron chi connectivity index (χ0n) is 14.7. The monoisotopic (exact) mass is 394 g/mol. The molecule has 0 aliphatic carbocycles. The lowest BCUT2D eigenvalue weighted by atomic mass is 10.0. The van der Waals surface area contributed by atoms with Crippen molar-refractivity contribution in [3.63, 3.8) is 0 Å². The highest BCUT2D eigenvalue weighted by Crippen LogP contribution is 2.32. The maximum atomic E-state index is 12.9. The lowest BCUT2D eigenvalue weighted by Crippen LogP contribution is -2.21. The van der Waals surface area contributed by atoms with E-state index in [1.165, 1.54) is 44.4 Å². The highest BCUT2D eigenvalue weighted by Gasteiger charge is 2.21. The van der Waals surface area contributed by atoms with Crippen LogP contribution in [0.15, 0.2) is 42.5 Å². The third kappa shape index (κ3) is 5.78. The van der Waals surface area contributed by atoms with E-state index in [-0.39, 0.29) is 27.9 Å². The predicted molar refractivity (Wildman–Crippen MR) is 98.5 cm³/mol. The molecule has 0 saturated carbocycles. The van der Waals surface area contributed by atoms with Crippen LogP contribution in [0.2, 0.25) is 0 Å². The zero-order valence-corrected chi connectivity index (χ0v) is 15.5. The number of benzene rings is 2. The van der Waals surface area contributed by atoms with E-state index in [4.69, 9.17) is 9.47 Å². The van der Waals surface area contributed by atoms with E-state index in [0.29, 0.717) is 5.56 Å². The molecular formula is C19H19FO6S. The minimum absolute atomic E-state index is 0.0418. The summed E-state index contributed by atoms with van der Waals surface area (Å²) in [6.07, 6.45) is -2.40. The normalized spacial score (nSPS) is 12.9. The van der Waals surface area contributed by atoms with Crippen LogP contribution in [-0.4, -0.2) is 40.3 Å². The van der Waals surface area contributed by atoms with Crippen LogP contribution in [0, 0.1) is 5.82 Å². The van der Waals surface area contributed by atoms with E-state index >= 15 is 0 Å². The predicted octanol–water partition coefficient (Wildman–Crippen LogP) is 2.73. The zero-order chi connectivity index (χ0) is 20.0. The molecule has 2 atom stereocenters. The second-order valence-electron chi connectivity index (χ2n) is 5.62. The van der Waals surface area contributed by atoms with Gasteiger partial charge in [0.25, 0.3) is 0 Å². The second-order valence-corrected chi connectivity index (χ2v) is 6.82. The second kappa shape index (κ2) is 9.50. The largest absolute Gasteiger partial charge is 0.493 e. The van der Waals surface area contributed by atoms with Crippen molar-refractivity contribution in [1.82, 2.24) is 0 Å². The Morgan fingerprint density at radius 1 is 1.11 bits per heavy atom. The highest BCUT2D eigenvalue weighted by molar-refractivity contribution is 8.13. The SMILES string of the molecule is COc1cc(C(O)C(O)CSC(C)=O)ccc1OC(=O)c1ccc(F)cc1. The molecule has 0 fully saturated rings. The van der Waals surface area contributed by atoms with Crippen LogP contribution in [0.3, 0.4) is 0 Å². The van der Waals surface area contributed by atoms with Crippen LogP contribution in [0.5, 0.6) is 11.5 Å². The van der Waals surface area contributed by atoms with Crippen LogP contribution in [0.25, 0.3) is 0 Å². The van der Waals surface area contributed by atoms with Crippen molar-refractivity contribution >= 4 is 22.8 Å². The molecular weight excluding hydrogens is 375 g/mol. The molecule has 2 aromatic carbocycles. The number of rotatable bonds is 7. The van der Waals surface area contributed by atoms with Gasteiger partial charge in [-0.15, -0.1) is 0 Å². The van der Waals surface area contributed by atoms with E-state index in [2.05, 4.69) is 0 Å². The lowest BCUT2D eigenvalue weighted by Gasteiger charge is -2.19. The summed E-state index contributed by atoms with van der Waals surface area (Å²) >= 11 is 0.906. The van der Waals surface area contributed by atoms with Crippen LogP contribution < -0.4 is 9.47 Å². The Labute approximate surface area is 159 Å². The minimum atomic E-state index is -1.24. The van der Waals surface area contributed by atoms with Gasteiger partial charge in [0.2, 0.25) is 0 Å². The molecule has 0 aliphatic rings. The number of hydrogen-bond donors (Lipinski definition) is 2. The molecule has 0 heterocycles. The molecule has 0 bridgehead atoms. The number of aliphatic hydroxyl groups is 2. The van der Waals surface area contributed by atoms with E-state index < -0.39 is 24.0 Å². The molecule has 6 nitrogen and oxygen atoms in total. The number of hydrogen-bond acceptors (Lipinski definition) is 7. The van der Waals surface area contributed by atoms with Crippen LogP contribution in [0.1, 0.15) is 28.9 Å². The molecule has 0 saturated heterocycles. The first-order valence-electron chi connectivity index (χ1n) is 7.97. The topological polar surface area (TPSA) is 93.1 Å². The summed E-state index contributed by atoms with van der Waals surface area (Å²) in [7, 11) is 1.36. The van der Waals surface area contributed by atoms with Crippen molar-refractivity contribution in [1.29, 1.82) is 0 Å². The third-order valence-electron chi connectivity index (χ3n) is 3.63. The number of carbonyl (C=O) groups excluding carboxylic acids is 2. The average molecular weight is 394 g/mol. The minimum Gasteiger partial charge on any atom is -0.493 e. The van der Waals surface area contributed by atoms with Gasteiger partial charge >= 0.3 is 5.97 Å². The number of aliphatic hydroxyl groups excluding tert-OH is 2. The molecule has 2 aromatic rings. The van der Waals surface area contributed by atoms with E-state index in [1.807, 2.05) is 0 Å². The summed E-state index contributed by atoms with van der Waals surface area (Å²) in [5.74, 6) is -0.840. The smallest absolute Gasteiger partial charge is 0.343 e. The van der Waals surface area contributed by atoms with Crippen molar-refractivity contribution in [3.05, 3.63) is 59.4 Å². The summed E-state index contributed by atoms with van der Waals surface area (Å²) in [5.41, 5.74) is 0.504. The Balaban J connectivity index is 2.14. The molecule has 0 radical (unpaired) electrons. The summed E-state index contributed by atoms with van der Waals surface area (Å²) in [4.78, 5) is 23.1. The Hall–Kier alpha value is -2.42. The van der Waals surface area contributed by atoms with Crippen molar-refractivity contribution in [3.8, 4) is 11.5 Å². The van der Waals surface area contributed by atoms with Gasteiger partial charge in [-0.05, 0) is 42.0 Å². The van der Waals surface area contributed by atoms with Gasteiger partial charge in [-0.3, -0.25) is 4.79 Å². The lowest BCUT2D eigenvalue weighted by molar-refractivity contribution is -0.109. The van der Waals surface area contributed by atoms with Crippen LogP contribution in [-0.2, 0) is 4.79 Å². The van der Waals surface area contributed by atoms with Gasteiger partial charge in [-0.25, -0.2) is 9.18 Å². The summed E-state index contributed by atoms with van der Waals surface area (Å²) in [6.45, 7) is 1.37. The van der Waals surface area contributed by atoms with Gasteiger partial charge in [-0.2, -0.15) is 0 Å². The van der Waals surface area contributed by atoms with Gasteiger partial charge in [0, 0.05) is 12.7 Å². The number of carbonyl (C=O) groups is 2. The molecule has 2 rings (SSSR count). The molecule has 0 amide bonds. The molecule has 2 unspecified atom stereocenters. The van der Waals surface area contributed by atoms with Crippen molar-refractivity contribution in [2.75, 3.05) is 12.9 Å². The fourth-order valence-electron chi connectivity index (χ4n) is 2.21. The first-order chi connectivity index (χ1) is 12.8. The Morgan fingerprint density at radius 2 is 1.78 bits per heavy atom. The van der Waals surface area contributed by atoms with Crippen molar-refractivity contribution in [2.24, 2.45) is 0 Å². The number of halogens is 1. The fraction of sp³-hybridized carbons (Fsp3) is 0.263. The molecule has 144 valence electrons. The van der Waals surface area contributed by atoms with Gasteiger partial charge in [0.05, 0.1) is 18.8 Å². The van der Waals surface area contributed by atoms with Gasteiger partial charge in [0.15, 0.2) is 16.6 Å². The summed E-state index contributed by atoms with van der Waals surface area (Å²) < 4.78 is 23.4. The molecule has 0 aliphatic heterocycles. The maximum Gasteiger partial charge on any atom is 0.343 e. The van der Waals surface area contributed by atoms with E-state index in [9.17, 15) is 24.2 Å². The first kappa shape index (κ1) is 20.9. The molecule has 0 spiro atoms. The first-order valence-corrected chi connectivity index (χ1v) is 8.95. The number of esters is 1. The molecule has 2 N–H and O–H groups in total. The Bertz CT molecular complexity index is 808. The van der Waals surface area contributed by atoms with Crippen molar-refractivity contribution < 1.29 is 33.7 Å². The van der Waals surface area contributed by atoms with Crippen molar-refractivity contribution in [2.45, 2.75) is 19.1 Å². The van der Waals surface area contributed by atoms with Crippen LogP contribution in [0.4, 0.5) is 4.39 Å². The Morgan fingerprint density at radius 3 is 2.37 bits per heavy atom. The standard InChI is InChI=1S/C19H19FO6S/c1-11(21)27-10-15(22)18(23)13-5-8-16(17(9-13)25-2)26-19(24)12-3-6-14(20)7-4-12/h3-9,15,18,22-23H,10H2,1-2H3. The molecule has 27 heavy (non-hydrogen) atoms.